The fourth-order valence-electron chi connectivity index (χ4n) is 4.38. The van der Waals surface area contributed by atoms with E-state index in [2.05, 4.69) is 27.4 Å². The zero-order valence-electron chi connectivity index (χ0n) is 20.5. The summed E-state index contributed by atoms with van der Waals surface area (Å²) in [5.74, 6) is 0.610. The van der Waals surface area contributed by atoms with Crippen molar-refractivity contribution in [1.82, 2.24) is 15.1 Å². The second-order valence-corrected chi connectivity index (χ2v) is 8.76. The molecule has 1 atom stereocenters. The van der Waals surface area contributed by atoms with Gasteiger partial charge in [-0.15, -0.1) is 0 Å². The molecule has 0 spiro atoms. The van der Waals surface area contributed by atoms with Crippen LogP contribution in [0.2, 0.25) is 0 Å². The van der Waals surface area contributed by atoms with Gasteiger partial charge in [0.25, 0.3) is 0 Å². The summed E-state index contributed by atoms with van der Waals surface area (Å²) in [4.78, 5) is 17.1. The van der Waals surface area contributed by atoms with Gasteiger partial charge >= 0.3 is 18.4 Å². The van der Waals surface area contributed by atoms with Crippen molar-refractivity contribution < 1.29 is 35.9 Å². The topological polar surface area (TPSA) is 56.8 Å². The minimum atomic E-state index is -5.01. The van der Waals surface area contributed by atoms with Gasteiger partial charge in [-0.2, -0.15) is 26.3 Å². The van der Waals surface area contributed by atoms with E-state index in [1.54, 1.807) is 6.07 Å². The predicted molar refractivity (Wildman–Crippen MR) is 128 cm³/mol. The molecule has 37 heavy (non-hydrogen) atoms. The summed E-state index contributed by atoms with van der Waals surface area (Å²) >= 11 is 0. The SMILES string of the molecule is CCCN1CCN(C(CNC(=O)Nc2cc(C(F)(F)F)cc(C(F)(F)F)c2)c2ccccc2OC)CC1. The lowest BCUT2D eigenvalue weighted by Crippen LogP contribution is -2.50. The molecule has 0 saturated carbocycles. The van der Waals surface area contributed by atoms with E-state index in [1.807, 2.05) is 18.2 Å². The Balaban J connectivity index is 1.77. The van der Waals surface area contributed by atoms with Crippen LogP contribution in [0.3, 0.4) is 0 Å². The Hall–Kier alpha value is -2.99. The van der Waals surface area contributed by atoms with Crippen molar-refractivity contribution in [2.75, 3.05) is 51.7 Å². The summed E-state index contributed by atoms with van der Waals surface area (Å²) < 4.78 is 84.4. The Kier molecular flexibility index (Phi) is 9.30. The Morgan fingerprint density at radius 1 is 0.973 bits per heavy atom. The molecule has 0 radical (unpaired) electrons. The predicted octanol–water partition coefficient (Wildman–Crippen LogP) is 5.62. The third-order valence-electron chi connectivity index (χ3n) is 6.19. The lowest BCUT2D eigenvalue weighted by Gasteiger charge is -2.39. The maximum atomic E-state index is 13.2. The van der Waals surface area contributed by atoms with Crippen molar-refractivity contribution in [3.05, 3.63) is 59.2 Å². The van der Waals surface area contributed by atoms with Crippen molar-refractivity contribution in [3.8, 4) is 5.75 Å². The maximum absolute atomic E-state index is 13.2. The van der Waals surface area contributed by atoms with E-state index in [4.69, 9.17) is 4.74 Å². The number of nitrogens with zero attached hydrogens (tertiary/aromatic N) is 2. The number of carbonyl (C=O) groups excluding carboxylic acids is 1. The smallest absolute Gasteiger partial charge is 0.416 e. The van der Waals surface area contributed by atoms with Crippen molar-refractivity contribution in [2.24, 2.45) is 0 Å². The number of alkyl halides is 6. The van der Waals surface area contributed by atoms with Gasteiger partial charge in [0.1, 0.15) is 5.75 Å². The van der Waals surface area contributed by atoms with E-state index in [-0.39, 0.29) is 18.7 Å². The zero-order chi connectivity index (χ0) is 27.2. The third kappa shape index (κ3) is 7.75. The lowest BCUT2D eigenvalue weighted by atomic mass is 10.0. The number of halogens is 6. The van der Waals surface area contributed by atoms with Crippen LogP contribution in [0.5, 0.6) is 5.75 Å². The first-order valence-electron chi connectivity index (χ1n) is 11.9. The largest absolute Gasteiger partial charge is 0.496 e. The number of methoxy groups -OCH3 is 1. The molecule has 1 heterocycles. The highest BCUT2D eigenvalue weighted by Crippen LogP contribution is 2.37. The van der Waals surface area contributed by atoms with E-state index >= 15 is 0 Å². The third-order valence-corrected chi connectivity index (χ3v) is 6.19. The van der Waals surface area contributed by atoms with Crippen LogP contribution in [0.4, 0.5) is 36.8 Å². The van der Waals surface area contributed by atoms with Gasteiger partial charge in [0, 0.05) is 44.0 Å². The molecular formula is C25H30F6N4O2. The number of urea groups is 1. The first kappa shape index (κ1) is 28.6. The van der Waals surface area contributed by atoms with Crippen LogP contribution in [-0.4, -0.2) is 62.2 Å². The number of hydrogen-bond donors (Lipinski definition) is 2. The second kappa shape index (κ2) is 12.0. The van der Waals surface area contributed by atoms with Crippen molar-refractivity contribution in [2.45, 2.75) is 31.7 Å². The molecule has 1 saturated heterocycles. The Morgan fingerprint density at radius 3 is 2.11 bits per heavy atom. The summed E-state index contributed by atoms with van der Waals surface area (Å²) in [5, 5.41) is 4.73. The number of rotatable bonds is 8. The van der Waals surface area contributed by atoms with E-state index in [1.165, 1.54) is 7.11 Å². The van der Waals surface area contributed by atoms with E-state index in [0.717, 1.165) is 31.6 Å². The Bertz CT molecular complexity index is 1020. The zero-order valence-corrected chi connectivity index (χ0v) is 20.5. The highest BCUT2D eigenvalue weighted by molar-refractivity contribution is 5.89. The number of benzene rings is 2. The summed E-state index contributed by atoms with van der Waals surface area (Å²) in [6, 6.07) is 7.01. The van der Waals surface area contributed by atoms with Gasteiger partial charge in [0.15, 0.2) is 0 Å². The number of piperazine rings is 1. The van der Waals surface area contributed by atoms with E-state index < -0.39 is 35.2 Å². The monoisotopic (exact) mass is 532 g/mol. The molecule has 204 valence electrons. The molecule has 0 aromatic heterocycles. The van der Waals surface area contributed by atoms with Crippen LogP contribution in [0.25, 0.3) is 0 Å². The number of nitrogens with one attached hydrogen (secondary N) is 2. The molecule has 2 aromatic rings. The summed E-state index contributed by atoms with van der Waals surface area (Å²) in [6.07, 6.45) is -8.99. The standard InChI is InChI=1S/C25H30F6N4O2/c1-3-8-34-9-11-35(12-10-34)21(20-6-4-5-7-22(20)37-2)16-32-23(36)33-19-14-17(24(26,27)28)13-18(15-19)25(29,30)31/h4-7,13-15,21H,3,8-12,16H2,1-2H3,(H2,32,33,36). The Morgan fingerprint density at radius 2 is 1.57 bits per heavy atom. The van der Waals surface area contributed by atoms with Gasteiger partial charge in [0.05, 0.1) is 24.3 Å². The number of carbonyl (C=O) groups is 1. The quantitative estimate of drug-likeness (QED) is 0.434. The highest BCUT2D eigenvalue weighted by atomic mass is 19.4. The van der Waals surface area contributed by atoms with Gasteiger partial charge in [-0.3, -0.25) is 4.90 Å². The molecule has 0 bridgehead atoms. The van der Waals surface area contributed by atoms with Crippen LogP contribution in [0.1, 0.15) is 36.1 Å². The van der Waals surface area contributed by atoms with Crippen molar-refractivity contribution >= 4 is 11.7 Å². The number of hydrogen-bond acceptors (Lipinski definition) is 4. The van der Waals surface area contributed by atoms with Gasteiger partial charge in [-0.25, -0.2) is 4.79 Å². The average molecular weight is 533 g/mol. The van der Waals surface area contributed by atoms with Gasteiger partial charge in [0.2, 0.25) is 0 Å². The molecule has 0 aliphatic carbocycles. The lowest BCUT2D eigenvalue weighted by molar-refractivity contribution is -0.143. The van der Waals surface area contributed by atoms with Gasteiger partial charge in [-0.05, 0) is 37.2 Å². The summed E-state index contributed by atoms with van der Waals surface area (Å²) in [5.41, 5.74) is -2.81. The normalized spacial score (nSPS) is 16.3. The first-order valence-corrected chi connectivity index (χ1v) is 11.9. The maximum Gasteiger partial charge on any atom is 0.416 e. The number of ether oxygens (including phenoxy) is 1. The molecule has 1 aliphatic heterocycles. The second-order valence-electron chi connectivity index (χ2n) is 8.76. The fraction of sp³-hybridized carbons (Fsp3) is 0.480. The van der Waals surface area contributed by atoms with Crippen molar-refractivity contribution in [3.63, 3.8) is 0 Å². The molecule has 6 nitrogen and oxygen atoms in total. The first-order chi connectivity index (χ1) is 17.4. The van der Waals surface area contributed by atoms with Gasteiger partial charge in [-0.1, -0.05) is 25.1 Å². The van der Waals surface area contributed by atoms with Gasteiger partial charge < -0.3 is 20.3 Å². The fourth-order valence-corrected chi connectivity index (χ4v) is 4.38. The molecular weight excluding hydrogens is 502 g/mol. The minimum absolute atomic E-state index is 0.0129. The number of para-hydroxylation sites is 1. The molecule has 1 fully saturated rings. The Labute approximate surface area is 211 Å². The number of amides is 2. The van der Waals surface area contributed by atoms with E-state index in [9.17, 15) is 31.1 Å². The van der Waals surface area contributed by atoms with Crippen LogP contribution >= 0.6 is 0 Å². The molecule has 1 unspecified atom stereocenters. The van der Waals surface area contributed by atoms with Crippen LogP contribution < -0.4 is 15.4 Å². The number of anilines is 1. The summed E-state index contributed by atoms with van der Waals surface area (Å²) in [6.45, 7) is 6.24. The van der Waals surface area contributed by atoms with Crippen LogP contribution in [-0.2, 0) is 12.4 Å². The minimum Gasteiger partial charge on any atom is -0.496 e. The molecule has 3 rings (SSSR count). The molecule has 12 heteroatoms. The van der Waals surface area contributed by atoms with E-state index in [0.29, 0.717) is 31.0 Å². The average Bonchev–Trinajstić information content (AvgIpc) is 2.84. The van der Waals surface area contributed by atoms with Crippen LogP contribution in [0, 0.1) is 0 Å². The molecule has 2 aromatic carbocycles. The highest BCUT2D eigenvalue weighted by Gasteiger charge is 2.37. The van der Waals surface area contributed by atoms with Crippen LogP contribution in [0.15, 0.2) is 42.5 Å². The summed E-state index contributed by atoms with van der Waals surface area (Å²) in [7, 11) is 1.53. The molecule has 1 aliphatic rings. The molecule has 2 amide bonds. The molecule has 2 N–H and O–H groups in total. The van der Waals surface area contributed by atoms with Crippen molar-refractivity contribution in [1.29, 1.82) is 0 Å².